The lowest BCUT2D eigenvalue weighted by Gasteiger charge is -2.18. The van der Waals surface area contributed by atoms with E-state index in [0.29, 0.717) is 6.54 Å². The van der Waals surface area contributed by atoms with Crippen LogP contribution in [0.2, 0.25) is 0 Å². The predicted molar refractivity (Wildman–Crippen MR) is 62.4 cm³/mol. The van der Waals surface area contributed by atoms with E-state index >= 15 is 0 Å². The minimum absolute atomic E-state index is 0.465. The Bertz CT molecular complexity index is 317. The summed E-state index contributed by atoms with van der Waals surface area (Å²) in [6.45, 7) is 11.3. The zero-order valence-corrected chi connectivity index (χ0v) is 9.62. The molecule has 0 aliphatic carbocycles. The molecule has 0 aliphatic heterocycles. The van der Waals surface area contributed by atoms with E-state index in [1.165, 1.54) is 5.57 Å². The van der Waals surface area contributed by atoms with Crippen LogP contribution >= 0.6 is 0 Å². The highest BCUT2D eigenvalue weighted by atomic mass is 16.3. The van der Waals surface area contributed by atoms with Crippen molar-refractivity contribution in [1.82, 2.24) is 4.90 Å². The van der Waals surface area contributed by atoms with Crippen LogP contribution in [0.5, 0.6) is 0 Å². The minimum Gasteiger partial charge on any atom is -0.463 e. The van der Waals surface area contributed by atoms with Crippen molar-refractivity contribution in [2.45, 2.75) is 26.9 Å². The molecule has 0 aliphatic rings. The maximum atomic E-state index is 5.55. The smallest absolute Gasteiger partial charge is 0.118 e. The van der Waals surface area contributed by atoms with Crippen LogP contribution < -0.4 is 5.73 Å². The van der Waals surface area contributed by atoms with E-state index in [2.05, 4.69) is 18.4 Å². The van der Waals surface area contributed by atoms with Crippen molar-refractivity contribution in [1.29, 1.82) is 0 Å². The van der Waals surface area contributed by atoms with Gasteiger partial charge in [0, 0.05) is 6.54 Å². The largest absolute Gasteiger partial charge is 0.463 e. The molecule has 0 radical (unpaired) electrons. The van der Waals surface area contributed by atoms with Crippen molar-refractivity contribution in [2.75, 3.05) is 13.1 Å². The second-order valence-electron chi connectivity index (χ2n) is 3.83. The second-order valence-corrected chi connectivity index (χ2v) is 3.83. The van der Waals surface area contributed by atoms with Gasteiger partial charge in [0.05, 0.1) is 13.1 Å². The van der Waals surface area contributed by atoms with Crippen LogP contribution in [0.4, 0.5) is 0 Å². The molecule has 0 bridgehead atoms. The lowest BCUT2D eigenvalue weighted by atomic mass is 10.3. The molecule has 0 saturated carbocycles. The summed E-state index contributed by atoms with van der Waals surface area (Å²) in [5.41, 5.74) is 6.65. The van der Waals surface area contributed by atoms with E-state index in [9.17, 15) is 0 Å². The highest BCUT2D eigenvalue weighted by molar-refractivity contribution is 5.07. The maximum Gasteiger partial charge on any atom is 0.118 e. The van der Waals surface area contributed by atoms with Crippen LogP contribution in [-0.2, 0) is 13.1 Å². The molecule has 0 atom stereocenters. The van der Waals surface area contributed by atoms with Crippen LogP contribution in [0, 0.1) is 0 Å². The first-order valence-electron chi connectivity index (χ1n) is 5.30. The molecular weight excluding hydrogens is 188 g/mol. The van der Waals surface area contributed by atoms with Gasteiger partial charge in [-0.2, -0.15) is 0 Å². The zero-order chi connectivity index (χ0) is 11.3. The number of hydrogen-bond acceptors (Lipinski definition) is 3. The van der Waals surface area contributed by atoms with Gasteiger partial charge in [-0.1, -0.05) is 19.1 Å². The van der Waals surface area contributed by atoms with Gasteiger partial charge in [0.1, 0.15) is 11.5 Å². The molecule has 1 rings (SSSR count). The Balaban J connectivity index is 2.54. The van der Waals surface area contributed by atoms with E-state index in [1.807, 2.05) is 19.1 Å². The van der Waals surface area contributed by atoms with Gasteiger partial charge in [0.15, 0.2) is 0 Å². The summed E-state index contributed by atoms with van der Waals surface area (Å²) in [7, 11) is 0. The third-order valence-corrected chi connectivity index (χ3v) is 2.24. The summed E-state index contributed by atoms with van der Waals surface area (Å²) >= 11 is 0. The van der Waals surface area contributed by atoms with E-state index in [1.54, 1.807) is 0 Å². The fraction of sp³-hybridized carbons (Fsp3) is 0.500. The van der Waals surface area contributed by atoms with E-state index in [-0.39, 0.29) is 0 Å². The maximum absolute atomic E-state index is 5.55. The zero-order valence-electron chi connectivity index (χ0n) is 9.62. The van der Waals surface area contributed by atoms with Gasteiger partial charge in [0.2, 0.25) is 0 Å². The highest BCUT2D eigenvalue weighted by Crippen LogP contribution is 2.10. The number of hydrogen-bond donors (Lipinski definition) is 1. The summed E-state index contributed by atoms with van der Waals surface area (Å²) in [6.07, 6.45) is 0. The molecule has 0 aromatic carbocycles. The van der Waals surface area contributed by atoms with Gasteiger partial charge >= 0.3 is 0 Å². The van der Waals surface area contributed by atoms with Crippen molar-refractivity contribution in [3.63, 3.8) is 0 Å². The number of nitrogens with zero attached hydrogens (tertiary/aromatic N) is 1. The van der Waals surface area contributed by atoms with Gasteiger partial charge in [-0.25, -0.2) is 0 Å². The molecule has 0 spiro atoms. The normalized spacial score (nSPS) is 10.9. The number of rotatable bonds is 6. The van der Waals surface area contributed by atoms with Crippen molar-refractivity contribution in [3.8, 4) is 0 Å². The van der Waals surface area contributed by atoms with Gasteiger partial charge in [-0.05, 0) is 25.6 Å². The second kappa shape index (κ2) is 5.73. The fourth-order valence-corrected chi connectivity index (χ4v) is 1.50. The molecule has 0 unspecified atom stereocenters. The molecular formula is C12H20N2O. The van der Waals surface area contributed by atoms with Crippen molar-refractivity contribution < 1.29 is 4.42 Å². The van der Waals surface area contributed by atoms with Crippen LogP contribution in [0.15, 0.2) is 28.7 Å². The third kappa shape index (κ3) is 3.90. The SMILES string of the molecule is C=C(C)CN(CC)Cc1ccc(CN)o1. The summed E-state index contributed by atoms with van der Waals surface area (Å²) in [4.78, 5) is 2.28. The fourth-order valence-electron chi connectivity index (χ4n) is 1.50. The summed E-state index contributed by atoms with van der Waals surface area (Å²) in [6, 6.07) is 3.92. The van der Waals surface area contributed by atoms with Gasteiger partial charge in [0.25, 0.3) is 0 Å². The lowest BCUT2D eigenvalue weighted by molar-refractivity contribution is 0.272. The molecule has 84 valence electrons. The van der Waals surface area contributed by atoms with Crippen molar-refractivity contribution in [2.24, 2.45) is 5.73 Å². The Hall–Kier alpha value is -1.06. The van der Waals surface area contributed by atoms with Crippen LogP contribution in [0.25, 0.3) is 0 Å². The molecule has 0 fully saturated rings. The lowest BCUT2D eigenvalue weighted by Crippen LogP contribution is -2.24. The Morgan fingerprint density at radius 2 is 2.13 bits per heavy atom. The monoisotopic (exact) mass is 208 g/mol. The Labute approximate surface area is 91.6 Å². The minimum atomic E-state index is 0.465. The topological polar surface area (TPSA) is 42.4 Å². The van der Waals surface area contributed by atoms with E-state index in [4.69, 9.17) is 10.2 Å². The Kier molecular flexibility index (Phi) is 4.59. The Morgan fingerprint density at radius 1 is 1.47 bits per heavy atom. The predicted octanol–water partition coefficient (Wildman–Crippen LogP) is 2.14. The molecule has 1 heterocycles. The molecule has 1 aromatic heterocycles. The van der Waals surface area contributed by atoms with Gasteiger partial charge in [-0.3, -0.25) is 4.90 Å². The molecule has 15 heavy (non-hydrogen) atoms. The summed E-state index contributed by atoms with van der Waals surface area (Å²) in [5, 5.41) is 0. The van der Waals surface area contributed by atoms with Crippen LogP contribution in [-0.4, -0.2) is 18.0 Å². The van der Waals surface area contributed by atoms with E-state index < -0.39 is 0 Å². The third-order valence-electron chi connectivity index (χ3n) is 2.24. The van der Waals surface area contributed by atoms with Crippen molar-refractivity contribution in [3.05, 3.63) is 35.8 Å². The summed E-state index contributed by atoms with van der Waals surface area (Å²) < 4.78 is 5.55. The average Bonchev–Trinajstić information content (AvgIpc) is 2.64. The number of nitrogens with two attached hydrogens (primary N) is 1. The first kappa shape index (κ1) is 12.0. The van der Waals surface area contributed by atoms with Gasteiger partial charge < -0.3 is 10.2 Å². The molecule has 0 amide bonds. The van der Waals surface area contributed by atoms with Crippen LogP contribution in [0.3, 0.4) is 0 Å². The van der Waals surface area contributed by atoms with Crippen molar-refractivity contribution >= 4 is 0 Å². The summed E-state index contributed by atoms with van der Waals surface area (Å²) in [5.74, 6) is 1.81. The molecule has 1 aromatic rings. The number of likely N-dealkylation sites (N-methyl/N-ethyl adjacent to an activating group) is 1. The van der Waals surface area contributed by atoms with Gasteiger partial charge in [-0.15, -0.1) is 0 Å². The first-order chi connectivity index (χ1) is 7.15. The average molecular weight is 208 g/mol. The standard InChI is InChI=1S/C12H20N2O/c1-4-14(8-10(2)3)9-12-6-5-11(7-13)15-12/h5-6H,2,4,7-9,13H2,1,3H3. The molecule has 0 saturated heterocycles. The van der Waals surface area contributed by atoms with Crippen LogP contribution in [0.1, 0.15) is 25.4 Å². The highest BCUT2D eigenvalue weighted by Gasteiger charge is 2.07. The molecule has 2 N–H and O–H groups in total. The quantitative estimate of drug-likeness (QED) is 0.728. The molecule has 3 nitrogen and oxygen atoms in total. The number of furan rings is 1. The van der Waals surface area contributed by atoms with E-state index in [0.717, 1.165) is 31.2 Å². The first-order valence-corrected chi connectivity index (χ1v) is 5.30. The molecule has 3 heteroatoms. The Morgan fingerprint density at radius 3 is 2.60 bits per heavy atom.